The van der Waals surface area contributed by atoms with Crippen LogP contribution in [0.15, 0.2) is 30.3 Å². The van der Waals surface area contributed by atoms with Gasteiger partial charge in [-0.05, 0) is 35.4 Å². The SMILES string of the molecule is COc1ccc(-c2cc(F)c(Cl)c(F)c2)cc1C=O. The number of hydrogen-bond donors (Lipinski definition) is 0. The molecule has 0 saturated carbocycles. The molecule has 0 spiro atoms. The molecule has 0 fully saturated rings. The largest absolute Gasteiger partial charge is 0.496 e. The molecule has 0 aliphatic rings. The van der Waals surface area contributed by atoms with Crippen LogP contribution in [-0.2, 0) is 0 Å². The third kappa shape index (κ3) is 2.58. The van der Waals surface area contributed by atoms with Crippen LogP contribution in [0.1, 0.15) is 10.4 Å². The molecule has 0 aliphatic heterocycles. The smallest absolute Gasteiger partial charge is 0.153 e. The zero-order valence-electron chi connectivity index (χ0n) is 9.91. The maximum Gasteiger partial charge on any atom is 0.153 e. The van der Waals surface area contributed by atoms with Gasteiger partial charge in [0.1, 0.15) is 22.4 Å². The highest BCUT2D eigenvalue weighted by molar-refractivity contribution is 6.31. The number of hydrogen-bond acceptors (Lipinski definition) is 2. The monoisotopic (exact) mass is 282 g/mol. The van der Waals surface area contributed by atoms with Gasteiger partial charge in [-0.25, -0.2) is 8.78 Å². The summed E-state index contributed by atoms with van der Waals surface area (Å²) in [4.78, 5) is 10.9. The first-order chi connectivity index (χ1) is 9.06. The summed E-state index contributed by atoms with van der Waals surface area (Å²) in [6, 6.07) is 6.88. The average molecular weight is 283 g/mol. The Hall–Kier alpha value is -1.94. The number of carbonyl (C=O) groups is 1. The lowest BCUT2D eigenvalue weighted by Crippen LogP contribution is -1.92. The van der Waals surface area contributed by atoms with Crippen molar-refractivity contribution in [1.82, 2.24) is 0 Å². The highest BCUT2D eigenvalue weighted by Crippen LogP contribution is 2.29. The fourth-order valence-corrected chi connectivity index (χ4v) is 1.84. The van der Waals surface area contributed by atoms with Gasteiger partial charge in [-0.15, -0.1) is 0 Å². The number of rotatable bonds is 3. The predicted octanol–water partition coefficient (Wildman–Crippen LogP) is 4.11. The molecular weight excluding hydrogens is 274 g/mol. The molecule has 19 heavy (non-hydrogen) atoms. The molecule has 0 N–H and O–H groups in total. The zero-order chi connectivity index (χ0) is 14.0. The molecule has 2 aromatic rings. The van der Waals surface area contributed by atoms with E-state index >= 15 is 0 Å². The van der Waals surface area contributed by atoms with Crippen molar-refractivity contribution in [2.75, 3.05) is 7.11 Å². The topological polar surface area (TPSA) is 26.3 Å². The van der Waals surface area contributed by atoms with Crippen LogP contribution in [-0.4, -0.2) is 13.4 Å². The Morgan fingerprint density at radius 1 is 1.11 bits per heavy atom. The minimum atomic E-state index is -0.847. The zero-order valence-corrected chi connectivity index (χ0v) is 10.7. The summed E-state index contributed by atoms with van der Waals surface area (Å²) in [6.07, 6.45) is 0.616. The van der Waals surface area contributed by atoms with Crippen LogP contribution in [0.25, 0.3) is 11.1 Å². The van der Waals surface area contributed by atoms with Crippen LogP contribution < -0.4 is 4.74 Å². The van der Waals surface area contributed by atoms with Gasteiger partial charge in [0.25, 0.3) is 0 Å². The van der Waals surface area contributed by atoms with E-state index in [-0.39, 0.29) is 0 Å². The average Bonchev–Trinajstić information content (AvgIpc) is 2.43. The number of ether oxygens (including phenoxy) is 1. The summed E-state index contributed by atoms with van der Waals surface area (Å²) in [5.74, 6) is -1.30. The highest BCUT2D eigenvalue weighted by atomic mass is 35.5. The maximum absolute atomic E-state index is 13.4. The van der Waals surface area contributed by atoms with E-state index in [1.807, 2.05) is 0 Å². The summed E-state index contributed by atoms with van der Waals surface area (Å²) >= 11 is 5.42. The van der Waals surface area contributed by atoms with Crippen molar-refractivity contribution < 1.29 is 18.3 Å². The van der Waals surface area contributed by atoms with Crippen molar-refractivity contribution in [2.45, 2.75) is 0 Å². The van der Waals surface area contributed by atoms with Crippen molar-refractivity contribution >= 4 is 17.9 Å². The van der Waals surface area contributed by atoms with Gasteiger partial charge in [0, 0.05) is 0 Å². The third-order valence-corrected chi connectivity index (χ3v) is 3.03. The summed E-state index contributed by atoms with van der Waals surface area (Å²) in [5.41, 5.74) is 1.10. The van der Waals surface area contributed by atoms with Crippen LogP contribution in [0, 0.1) is 11.6 Å². The number of halogens is 3. The molecule has 2 nitrogen and oxygen atoms in total. The van der Waals surface area contributed by atoms with Gasteiger partial charge in [-0.1, -0.05) is 17.7 Å². The Balaban J connectivity index is 2.56. The molecule has 0 aliphatic carbocycles. The quantitative estimate of drug-likeness (QED) is 0.626. The molecule has 5 heteroatoms. The fourth-order valence-electron chi connectivity index (χ4n) is 1.73. The second-order valence-corrected chi connectivity index (χ2v) is 4.21. The van der Waals surface area contributed by atoms with Crippen LogP contribution >= 0.6 is 11.6 Å². The van der Waals surface area contributed by atoms with E-state index in [9.17, 15) is 13.6 Å². The molecule has 0 bridgehead atoms. The summed E-state index contributed by atoms with van der Waals surface area (Å²) in [6.45, 7) is 0. The van der Waals surface area contributed by atoms with Gasteiger partial charge < -0.3 is 4.74 Å². The minimum Gasteiger partial charge on any atom is -0.496 e. The van der Waals surface area contributed by atoms with E-state index in [0.29, 0.717) is 28.7 Å². The highest BCUT2D eigenvalue weighted by Gasteiger charge is 2.11. The molecule has 0 amide bonds. The Bertz CT molecular complexity index is 618. The van der Waals surface area contributed by atoms with E-state index in [2.05, 4.69) is 0 Å². The third-order valence-electron chi connectivity index (χ3n) is 2.67. The van der Waals surface area contributed by atoms with Crippen molar-refractivity contribution in [3.8, 4) is 16.9 Å². The predicted molar refractivity (Wildman–Crippen MR) is 68.7 cm³/mol. The molecule has 2 aromatic carbocycles. The molecule has 0 aromatic heterocycles. The minimum absolute atomic E-state index is 0.296. The van der Waals surface area contributed by atoms with Crippen LogP contribution in [0.2, 0.25) is 5.02 Å². The van der Waals surface area contributed by atoms with E-state index in [1.54, 1.807) is 12.1 Å². The first kappa shape index (κ1) is 13.5. The second kappa shape index (κ2) is 5.36. The van der Waals surface area contributed by atoms with E-state index in [0.717, 1.165) is 12.1 Å². The molecule has 98 valence electrons. The Morgan fingerprint density at radius 3 is 2.26 bits per heavy atom. The number of methoxy groups -OCH3 is 1. The van der Waals surface area contributed by atoms with Gasteiger partial charge >= 0.3 is 0 Å². The molecule has 2 rings (SSSR count). The molecule has 0 atom stereocenters. The summed E-state index contributed by atoms with van der Waals surface area (Å²) < 4.78 is 31.8. The van der Waals surface area contributed by atoms with Crippen LogP contribution in [0.4, 0.5) is 8.78 Å². The van der Waals surface area contributed by atoms with Gasteiger partial charge in [0.2, 0.25) is 0 Å². The van der Waals surface area contributed by atoms with Crippen molar-refractivity contribution in [2.24, 2.45) is 0 Å². The number of carbonyl (C=O) groups excluding carboxylic acids is 1. The maximum atomic E-state index is 13.4. The van der Waals surface area contributed by atoms with Crippen LogP contribution in [0.3, 0.4) is 0 Å². The molecule has 0 saturated heterocycles. The Kier molecular flexibility index (Phi) is 3.81. The van der Waals surface area contributed by atoms with Gasteiger partial charge in [0.15, 0.2) is 6.29 Å². The van der Waals surface area contributed by atoms with Crippen molar-refractivity contribution in [3.05, 3.63) is 52.6 Å². The van der Waals surface area contributed by atoms with Gasteiger partial charge in [-0.3, -0.25) is 4.79 Å². The van der Waals surface area contributed by atoms with E-state index in [1.165, 1.54) is 13.2 Å². The normalized spacial score (nSPS) is 10.3. The summed E-state index contributed by atoms with van der Waals surface area (Å²) in [5, 5.41) is -0.548. The molecular formula is C14H9ClF2O2. The summed E-state index contributed by atoms with van der Waals surface area (Å²) in [7, 11) is 1.43. The number of benzene rings is 2. The first-order valence-corrected chi connectivity index (χ1v) is 5.72. The lowest BCUT2D eigenvalue weighted by molar-refractivity contribution is 0.112. The molecule has 0 heterocycles. The fraction of sp³-hybridized carbons (Fsp3) is 0.0714. The van der Waals surface area contributed by atoms with E-state index in [4.69, 9.17) is 16.3 Å². The number of aldehydes is 1. The van der Waals surface area contributed by atoms with Crippen molar-refractivity contribution in [3.63, 3.8) is 0 Å². The Morgan fingerprint density at radius 2 is 1.74 bits per heavy atom. The lowest BCUT2D eigenvalue weighted by atomic mass is 10.0. The van der Waals surface area contributed by atoms with Crippen molar-refractivity contribution in [1.29, 1.82) is 0 Å². The van der Waals surface area contributed by atoms with Crippen LogP contribution in [0.5, 0.6) is 5.75 Å². The van der Waals surface area contributed by atoms with E-state index < -0.39 is 16.7 Å². The first-order valence-electron chi connectivity index (χ1n) is 5.35. The van der Waals surface area contributed by atoms with Gasteiger partial charge in [-0.2, -0.15) is 0 Å². The molecule has 0 unspecified atom stereocenters. The van der Waals surface area contributed by atoms with Gasteiger partial charge in [0.05, 0.1) is 12.7 Å². The molecule has 0 radical (unpaired) electrons. The second-order valence-electron chi connectivity index (χ2n) is 3.83. The Labute approximate surface area is 113 Å². The standard InChI is InChI=1S/C14H9ClF2O2/c1-19-13-3-2-8(4-10(13)7-18)9-5-11(16)14(15)12(17)6-9/h2-7H,1H3. The lowest BCUT2D eigenvalue weighted by Gasteiger charge is -2.08.